The van der Waals surface area contributed by atoms with Crippen LogP contribution < -0.4 is 11.1 Å². The molecule has 0 saturated heterocycles. The molecule has 23 heavy (non-hydrogen) atoms. The molecule has 0 radical (unpaired) electrons. The molecule has 6 heteroatoms. The van der Waals surface area contributed by atoms with Crippen molar-refractivity contribution in [2.75, 3.05) is 17.7 Å². The third kappa shape index (κ3) is 4.96. The van der Waals surface area contributed by atoms with Crippen LogP contribution in [0.2, 0.25) is 0 Å². The standard InChI is InChI=1S/C17H30N4O2/c1-2-3-4-5-13-6-8-14(9-7-13)17(23)20-15-12-19-21(10-11-22)16(15)18/h12-14,22H,2-11,18H2,1H3,(H,20,23). The Hall–Kier alpha value is -1.56. The molecule has 0 aromatic carbocycles. The van der Waals surface area contributed by atoms with Gasteiger partial charge in [0.15, 0.2) is 0 Å². The van der Waals surface area contributed by atoms with E-state index in [1.165, 1.54) is 30.4 Å². The number of rotatable bonds is 8. The molecule has 1 amide bonds. The SMILES string of the molecule is CCCCCC1CCC(C(=O)Nc2cnn(CCO)c2N)CC1. The van der Waals surface area contributed by atoms with E-state index in [-0.39, 0.29) is 18.4 Å². The maximum absolute atomic E-state index is 12.4. The van der Waals surface area contributed by atoms with Gasteiger partial charge in [-0.2, -0.15) is 5.10 Å². The predicted molar refractivity (Wildman–Crippen MR) is 91.9 cm³/mol. The van der Waals surface area contributed by atoms with Crippen LogP contribution in [0.15, 0.2) is 6.20 Å². The molecule has 0 spiro atoms. The van der Waals surface area contributed by atoms with E-state index in [9.17, 15) is 4.79 Å². The number of anilines is 2. The average molecular weight is 322 g/mol. The molecule has 6 nitrogen and oxygen atoms in total. The summed E-state index contributed by atoms with van der Waals surface area (Å²) in [4.78, 5) is 12.4. The first-order valence-electron chi connectivity index (χ1n) is 8.88. The van der Waals surface area contributed by atoms with E-state index in [1.807, 2.05) is 0 Å². The molecule has 1 saturated carbocycles. The summed E-state index contributed by atoms with van der Waals surface area (Å²) < 4.78 is 1.50. The van der Waals surface area contributed by atoms with Crippen LogP contribution in [0.1, 0.15) is 58.3 Å². The Morgan fingerprint density at radius 2 is 2.13 bits per heavy atom. The zero-order valence-corrected chi connectivity index (χ0v) is 14.1. The molecule has 130 valence electrons. The van der Waals surface area contributed by atoms with Crippen LogP contribution in [-0.2, 0) is 11.3 Å². The fourth-order valence-electron chi connectivity index (χ4n) is 3.40. The largest absolute Gasteiger partial charge is 0.394 e. The lowest BCUT2D eigenvalue weighted by atomic mass is 9.79. The van der Waals surface area contributed by atoms with Crippen molar-refractivity contribution in [1.82, 2.24) is 9.78 Å². The van der Waals surface area contributed by atoms with Gasteiger partial charge in [0.1, 0.15) is 11.5 Å². The van der Waals surface area contributed by atoms with E-state index < -0.39 is 0 Å². The average Bonchev–Trinajstić information content (AvgIpc) is 2.89. The Balaban J connectivity index is 1.79. The van der Waals surface area contributed by atoms with Crippen LogP contribution in [0.4, 0.5) is 11.5 Å². The summed E-state index contributed by atoms with van der Waals surface area (Å²) in [6, 6.07) is 0. The van der Waals surface area contributed by atoms with Gasteiger partial charge >= 0.3 is 0 Å². The highest BCUT2D eigenvalue weighted by molar-refractivity contribution is 5.94. The van der Waals surface area contributed by atoms with Crippen molar-refractivity contribution in [3.05, 3.63) is 6.20 Å². The van der Waals surface area contributed by atoms with E-state index in [4.69, 9.17) is 10.8 Å². The van der Waals surface area contributed by atoms with E-state index in [2.05, 4.69) is 17.3 Å². The molecule has 1 aliphatic carbocycles. The van der Waals surface area contributed by atoms with Crippen molar-refractivity contribution in [2.24, 2.45) is 11.8 Å². The number of amides is 1. The third-order valence-corrected chi connectivity index (χ3v) is 4.88. The molecule has 1 aliphatic rings. The monoisotopic (exact) mass is 322 g/mol. The second kappa shape index (κ2) is 8.91. The Morgan fingerprint density at radius 1 is 1.39 bits per heavy atom. The summed E-state index contributed by atoms with van der Waals surface area (Å²) in [6.45, 7) is 2.54. The lowest BCUT2D eigenvalue weighted by Gasteiger charge is -2.27. The molecule has 1 fully saturated rings. The van der Waals surface area contributed by atoms with Crippen molar-refractivity contribution in [2.45, 2.75) is 64.8 Å². The maximum atomic E-state index is 12.4. The Kier molecular flexibility index (Phi) is 6.89. The zero-order chi connectivity index (χ0) is 16.7. The number of unbranched alkanes of at least 4 members (excludes halogenated alkanes) is 2. The van der Waals surface area contributed by atoms with Crippen LogP contribution in [0.25, 0.3) is 0 Å². The molecular weight excluding hydrogens is 292 g/mol. The van der Waals surface area contributed by atoms with Crippen molar-refractivity contribution < 1.29 is 9.90 Å². The molecule has 0 unspecified atom stereocenters. The van der Waals surface area contributed by atoms with E-state index in [1.54, 1.807) is 6.20 Å². The van der Waals surface area contributed by atoms with Crippen LogP contribution in [-0.4, -0.2) is 27.4 Å². The summed E-state index contributed by atoms with van der Waals surface area (Å²) in [5.41, 5.74) is 6.48. The number of nitrogen functional groups attached to an aromatic ring is 1. The Bertz CT molecular complexity index is 493. The van der Waals surface area contributed by atoms with Gasteiger partial charge in [-0.25, -0.2) is 4.68 Å². The highest BCUT2D eigenvalue weighted by Crippen LogP contribution is 2.33. The lowest BCUT2D eigenvalue weighted by molar-refractivity contribution is -0.121. The number of nitrogens with one attached hydrogen (secondary N) is 1. The fourth-order valence-corrected chi connectivity index (χ4v) is 3.40. The van der Waals surface area contributed by atoms with E-state index in [0.29, 0.717) is 18.1 Å². The quantitative estimate of drug-likeness (QED) is 0.642. The number of nitrogens with two attached hydrogens (primary N) is 1. The van der Waals surface area contributed by atoms with Crippen LogP contribution >= 0.6 is 0 Å². The number of hydrogen-bond acceptors (Lipinski definition) is 4. The van der Waals surface area contributed by atoms with Crippen molar-refractivity contribution in [3.63, 3.8) is 0 Å². The van der Waals surface area contributed by atoms with Gasteiger partial charge < -0.3 is 16.2 Å². The minimum atomic E-state index is -0.0265. The topological polar surface area (TPSA) is 93.2 Å². The molecule has 1 heterocycles. The molecule has 0 atom stereocenters. The third-order valence-electron chi connectivity index (χ3n) is 4.88. The number of carbonyl (C=O) groups is 1. The van der Waals surface area contributed by atoms with Gasteiger partial charge in [0.05, 0.1) is 19.3 Å². The van der Waals surface area contributed by atoms with Crippen LogP contribution in [0, 0.1) is 11.8 Å². The highest BCUT2D eigenvalue weighted by Gasteiger charge is 2.26. The lowest BCUT2D eigenvalue weighted by Crippen LogP contribution is -2.27. The van der Waals surface area contributed by atoms with Crippen molar-refractivity contribution in [1.29, 1.82) is 0 Å². The number of carbonyl (C=O) groups excluding carboxylic acids is 1. The Labute approximate surface area is 138 Å². The summed E-state index contributed by atoms with van der Waals surface area (Å²) in [6.07, 6.45) is 11.0. The van der Waals surface area contributed by atoms with Gasteiger partial charge in [0.25, 0.3) is 0 Å². The Morgan fingerprint density at radius 3 is 2.78 bits per heavy atom. The predicted octanol–water partition coefficient (Wildman–Crippen LogP) is 2.78. The molecule has 2 rings (SSSR count). The van der Waals surface area contributed by atoms with Crippen molar-refractivity contribution >= 4 is 17.4 Å². The first kappa shape index (κ1) is 17.8. The fraction of sp³-hybridized carbons (Fsp3) is 0.765. The van der Waals surface area contributed by atoms with Crippen LogP contribution in [0.3, 0.4) is 0 Å². The van der Waals surface area contributed by atoms with Crippen molar-refractivity contribution in [3.8, 4) is 0 Å². The summed E-state index contributed by atoms with van der Waals surface area (Å²) in [5, 5.41) is 15.9. The summed E-state index contributed by atoms with van der Waals surface area (Å²) >= 11 is 0. The first-order chi connectivity index (χ1) is 11.2. The first-order valence-corrected chi connectivity index (χ1v) is 8.88. The highest BCUT2D eigenvalue weighted by atomic mass is 16.3. The molecule has 4 N–H and O–H groups in total. The molecule has 1 aromatic rings. The minimum Gasteiger partial charge on any atom is -0.394 e. The van der Waals surface area contributed by atoms with E-state index in [0.717, 1.165) is 31.6 Å². The normalized spacial score (nSPS) is 21.3. The molecule has 1 aromatic heterocycles. The van der Waals surface area contributed by atoms with Gasteiger partial charge in [-0.05, 0) is 31.6 Å². The van der Waals surface area contributed by atoms with Gasteiger partial charge in [-0.3, -0.25) is 4.79 Å². The van der Waals surface area contributed by atoms with Gasteiger partial charge in [0, 0.05) is 5.92 Å². The van der Waals surface area contributed by atoms with Gasteiger partial charge in [-0.1, -0.05) is 32.6 Å². The number of aromatic nitrogens is 2. The van der Waals surface area contributed by atoms with E-state index >= 15 is 0 Å². The minimum absolute atomic E-state index is 0.0265. The summed E-state index contributed by atoms with van der Waals surface area (Å²) in [7, 11) is 0. The molecule has 0 bridgehead atoms. The summed E-state index contributed by atoms with van der Waals surface area (Å²) in [5.74, 6) is 1.33. The van der Waals surface area contributed by atoms with Crippen LogP contribution in [0.5, 0.6) is 0 Å². The second-order valence-corrected chi connectivity index (χ2v) is 6.59. The number of aliphatic hydroxyl groups excluding tert-OH is 1. The molecular formula is C17H30N4O2. The zero-order valence-electron chi connectivity index (χ0n) is 14.1. The number of hydrogen-bond donors (Lipinski definition) is 3. The number of nitrogens with zero attached hydrogens (tertiary/aromatic N) is 2. The smallest absolute Gasteiger partial charge is 0.227 e. The number of aliphatic hydroxyl groups is 1. The van der Waals surface area contributed by atoms with Gasteiger partial charge in [0.2, 0.25) is 5.91 Å². The second-order valence-electron chi connectivity index (χ2n) is 6.59. The van der Waals surface area contributed by atoms with Gasteiger partial charge in [-0.15, -0.1) is 0 Å². The molecule has 0 aliphatic heterocycles. The maximum Gasteiger partial charge on any atom is 0.227 e.